The molecule has 12 nitrogen and oxygen atoms in total. The molecule has 0 spiro atoms. The van der Waals surface area contributed by atoms with Gasteiger partial charge in [0.1, 0.15) is 22.4 Å². The molecule has 1 aromatic carbocycles. The molecule has 0 saturated carbocycles. The SMILES string of the molecule is Cc1noc(C)c1S(=O)(=O)N(C)C[C@@H]1Oc2ccc(NC(=O)CCCN(C)C)cc2C(=O)N([C@H](C)CO)C[C@@H]1C. The Morgan fingerprint density at radius 2 is 1.98 bits per heavy atom. The normalized spacial score (nSPS) is 18.8. The summed E-state index contributed by atoms with van der Waals surface area (Å²) in [5, 5.41) is 16.5. The second kappa shape index (κ2) is 13.1. The first-order valence-electron chi connectivity index (χ1n) is 13.3. The largest absolute Gasteiger partial charge is 0.488 e. The van der Waals surface area contributed by atoms with Gasteiger partial charge in [-0.3, -0.25) is 9.59 Å². The molecule has 222 valence electrons. The smallest absolute Gasteiger partial charge is 0.258 e. The summed E-state index contributed by atoms with van der Waals surface area (Å²) in [5.74, 6) is -0.331. The van der Waals surface area contributed by atoms with Crippen molar-refractivity contribution in [2.24, 2.45) is 5.92 Å². The van der Waals surface area contributed by atoms with Crippen molar-refractivity contribution in [2.45, 2.75) is 57.6 Å². The molecule has 0 radical (unpaired) electrons. The van der Waals surface area contributed by atoms with E-state index in [0.717, 1.165) is 6.54 Å². The van der Waals surface area contributed by atoms with Gasteiger partial charge in [0.15, 0.2) is 5.76 Å². The zero-order valence-electron chi connectivity index (χ0n) is 24.3. The molecule has 2 N–H and O–H groups in total. The van der Waals surface area contributed by atoms with Crippen molar-refractivity contribution in [3.05, 3.63) is 35.2 Å². The summed E-state index contributed by atoms with van der Waals surface area (Å²) in [6.07, 6.45) is 0.392. The van der Waals surface area contributed by atoms with Crippen molar-refractivity contribution in [3.8, 4) is 5.75 Å². The van der Waals surface area contributed by atoms with Crippen LogP contribution in [0.2, 0.25) is 0 Å². The van der Waals surface area contributed by atoms with Crippen LogP contribution in [0.1, 0.15) is 48.5 Å². The molecule has 40 heavy (non-hydrogen) atoms. The first kappa shape index (κ1) is 31.5. The van der Waals surface area contributed by atoms with Crippen LogP contribution in [0, 0.1) is 19.8 Å². The average Bonchev–Trinajstić information content (AvgIpc) is 3.23. The fraction of sp³-hybridized carbons (Fsp3) is 0.593. The third-order valence-corrected chi connectivity index (χ3v) is 9.10. The standard InChI is InChI=1S/C27H41N5O7S/c1-17-14-32(18(2)16-33)27(35)22-13-21(28-25(34)9-8-12-30(5)6)10-11-23(22)38-24(17)15-31(7)40(36,37)26-19(3)29-39-20(26)4/h10-11,13,17-18,24,33H,8-9,12,14-16H2,1-7H3,(H,28,34)/t17-,18+,24-/m0/s1. The summed E-state index contributed by atoms with van der Waals surface area (Å²) in [6, 6.07) is 4.34. The van der Waals surface area contributed by atoms with Crippen LogP contribution >= 0.6 is 0 Å². The molecule has 1 aromatic heterocycles. The number of aryl methyl sites for hydroxylation is 2. The highest BCUT2D eigenvalue weighted by Gasteiger charge is 2.36. The number of amides is 2. The second-order valence-corrected chi connectivity index (χ2v) is 12.7. The number of nitrogens with zero attached hydrogens (tertiary/aromatic N) is 4. The Labute approximate surface area is 236 Å². The topological polar surface area (TPSA) is 146 Å². The number of nitrogens with one attached hydrogen (secondary N) is 1. The number of anilines is 1. The summed E-state index contributed by atoms with van der Waals surface area (Å²) in [4.78, 5) is 29.7. The molecule has 2 amide bonds. The monoisotopic (exact) mass is 579 g/mol. The molecule has 13 heteroatoms. The van der Waals surface area contributed by atoms with Gasteiger partial charge < -0.3 is 29.5 Å². The average molecular weight is 580 g/mol. The summed E-state index contributed by atoms with van der Waals surface area (Å²) in [7, 11) is 1.41. The summed E-state index contributed by atoms with van der Waals surface area (Å²) < 4.78 is 39.3. The number of carbonyl (C=O) groups excluding carboxylic acids is 2. The third kappa shape index (κ3) is 7.19. The lowest BCUT2D eigenvalue weighted by atomic mass is 9.99. The molecule has 0 unspecified atom stereocenters. The van der Waals surface area contributed by atoms with E-state index < -0.39 is 22.2 Å². The minimum absolute atomic E-state index is 0.00704. The maximum Gasteiger partial charge on any atom is 0.258 e. The minimum atomic E-state index is -3.93. The van der Waals surface area contributed by atoms with Gasteiger partial charge in [0.25, 0.3) is 5.91 Å². The Hall–Kier alpha value is -3.00. The number of sulfonamides is 1. The molecule has 3 atom stereocenters. The van der Waals surface area contributed by atoms with E-state index in [1.54, 1.807) is 43.9 Å². The van der Waals surface area contributed by atoms with Crippen molar-refractivity contribution >= 4 is 27.5 Å². The van der Waals surface area contributed by atoms with Gasteiger partial charge in [-0.2, -0.15) is 4.31 Å². The van der Waals surface area contributed by atoms with Crippen LogP contribution in [0.4, 0.5) is 5.69 Å². The molecule has 0 fully saturated rings. The Balaban J connectivity index is 1.91. The highest BCUT2D eigenvalue weighted by atomic mass is 32.2. The van der Waals surface area contributed by atoms with Gasteiger partial charge in [-0.25, -0.2) is 8.42 Å². The molecule has 0 aliphatic carbocycles. The number of aliphatic hydroxyl groups excluding tert-OH is 1. The lowest BCUT2D eigenvalue weighted by Crippen LogP contribution is -2.50. The quantitative estimate of drug-likeness (QED) is 0.409. The van der Waals surface area contributed by atoms with Crippen molar-refractivity contribution in [1.29, 1.82) is 0 Å². The fourth-order valence-corrected chi connectivity index (χ4v) is 6.11. The lowest BCUT2D eigenvalue weighted by Gasteiger charge is -2.38. The number of hydrogen-bond donors (Lipinski definition) is 2. The number of benzene rings is 1. The van der Waals surface area contributed by atoms with Crippen molar-refractivity contribution in [3.63, 3.8) is 0 Å². The van der Waals surface area contributed by atoms with Gasteiger partial charge in [0.05, 0.1) is 24.8 Å². The Kier molecular flexibility index (Phi) is 10.3. The van der Waals surface area contributed by atoms with E-state index in [1.807, 2.05) is 25.9 Å². The van der Waals surface area contributed by atoms with Crippen LogP contribution in [0.3, 0.4) is 0 Å². The number of aromatic nitrogens is 1. The molecule has 2 heterocycles. The number of carbonyl (C=O) groups is 2. The fourth-order valence-electron chi connectivity index (χ4n) is 4.65. The number of rotatable bonds is 11. The van der Waals surface area contributed by atoms with Crippen LogP contribution in [0.25, 0.3) is 0 Å². The van der Waals surface area contributed by atoms with Crippen LogP contribution in [0.5, 0.6) is 5.75 Å². The van der Waals surface area contributed by atoms with Crippen LogP contribution in [-0.2, 0) is 14.8 Å². The van der Waals surface area contributed by atoms with E-state index in [0.29, 0.717) is 18.5 Å². The maximum atomic E-state index is 13.6. The maximum absolute atomic E-state index is 13.6. The first-order valence-corrected chi connectivity index (χ1v) is 14.8. The van der Waals surface area contributed by atoms with Crippen LogP contribution in [0.15, 0.2) is 27.6 Å². The van der Waals surface area contributed by atoms with E-state index in [4.69, 9.17) is 9.26 Å². The summed E-state index contributed by atoms with van der Waals surface area (Å²) in [5.41, 5.74) is 0.941. The van der Waals surface area contributed by atoms with Crippen molar-refractivity contribution in [2.75, 3.05) is 52.7 Å². The lowest BCUT2D eigenvalue weighted by molar-refractivity contribution is -0.116. The van der Waals surface area contributed by atoms with Gasteiger partial charge >= 0.3 is 0 Å². The van der Waals surface area contributed by atoms with E-state index in [9.17, 15) is 23.1 Å². The van der Waals surface area contributed by atoms with Gasteiger partial charge in [-0.15, -0.1) is 0 Å². The van der Waals surface area contributed by atoms with Crippen LogP contribution in [-0.4, -0.2) is 104 Å². The van der Waals surface area contributed by atoms with Gasteiger partial charge in [0.2, 0.25) is 15.9 Å². The minimum Gasteiger partial charge on any atom is -0.488 e. The molecule has 0 saturated heterocycles. The van der Waals surface area contributed by atoms with Crippen molar-refractivity contribution < 1.29 is 32.4 Å². The molecular weight excluding hydrogens is 538 g/mol. The number of hydrogen-bond acceptors (Lipinski definition) is 9. The zero-order valence-corrected chi connectivity index (χ0v) is 25.1. The first-order chi connectivity index (χ1) is 18.8. The Morgan fingerprint density at radius 3 is 2.58 bits per heavy atom. The number of ether oxygens (including phenoxy) is 1. The predicted octanol–water partition coefficient (Wildman–Crippen LogP) is 2.11. The van der Waals surface area contributed by atoms with E-state index >= 15 is 0 Å². The van der Waals surface area contributed by atoms with Gasteiger partial charge in [0, 0.05) is 31.6 Å². The van der Waals surface area contributed by atoms with E-state index in [-0.39, 0.29) is 65.1 Å². The molecule has 0 bridgehead atoms. The van der Waals surface area contributed by atoms with Crippen LogP contribution < -0.4 is 10.1 Å². The number of fused-ring (bicyclic) bond motifs is 1. The van der Waals surface area contributed by atoms with Gasteiger partial charge in [-0.1, -0.05) is 12.1 Å². The molecular formula is C27H41N5O7S. The van der Waals surface area contributed by atoms with Gasteiger partial charge in [-0.05, 0) is 66.0 Å². The Bertz CT molecular complexity index is 1290. The van der Waals surface area contributed by atoms with Crippen molar-refractivity contribution in [1.82, 2.24) is 19.3 Å². The highest BCUT2D eigenvalue weighted by Crippen LogP contribution is 2.31. The third-order valence-electron chi connectivity index (χ3n) is 7.03. The van der Waals surface area contributed by atoms with E-state index in [1.165, 1.54) is 11.4 Å². The highest BCUT2D eigenvalue weighted by molar-refractivity contribution is 7.89. The van der Waals surface area contributed by atoms with E-state index in [2.05, 4.69) is 10.5 Å². The summed E-state index contributed by atoms with van der Waals surface area (Å²) in [6.45, 7) is 7.48. The summed E-state index contributed by atoms with van der Waals surface area (Å²) >= 11 is 0. The molecule has 3 rings (SSSR count). The zero-order chi connectivity index (χ0) is 29.8. The number of likely N-dealkylation sites (N-methyl/N-ethyl adjacent to an activating group) is 1. The Morgan fingerprint density at radius 1 is 1.27 bits per heavy atom. The molecule has 1 aliphatic rings. The number of aliphatic hydroxyl groups is 1. The second-order valence-electron chi connectivity index (χ2n) is 10.7. The molecule has 1 aliphatic heterocycles. The molecule has 2 aromatic rings. The predicted molar refractivity (Wildman–Crippen MR) is 150 cm³/mol.